The lowest BCUT2D eigenvalue weighted by Crippen LogP contribution is -2.37. The van der Waals surface area contributed by atoms with Gasteiger partial charge in [-0.15, -0.1) is 0 Å². The van der Waals surface area contributed by atoms with Crippen LogP contribution in [0.2, 0.25) is 0 Å². The highest BCUT2D eigenvalue weighted by atomic mass is 32.2. The Kier molecular flexibility index (Phi) is 6.51. The smallest absolute Gasteiger partial charge is 0.308 e. The molecule has 0 bridgehead atoms. The maximum Gasteiger partial charge on any atom is 0.308 e. The van der Waals surface area contributed by atoms with Crippen LogP contribution in [-0.4, -0.2) is 38.8 Å². The number of carbonyl (C=O) groups excluding carboxylic acids is 2. The third-order valence-corrected chi connectivity index (χ3v) is 5.98. The van der Waals surface area contributed by atoms with Crippen LogP contribution in [0.5, 0.6) is 0 Å². The van der Waals surface area contributed by atoms with Crippen molar-refractivity contribution in [2.75, 3.05) is 6.54 Å². The molecule has 0 radical (unpaired) electrons. The largest absolute Gasteiger partial charge is 0.452 e. The van der Waals surface area contributed by atoms with Gasteiger partial charge in [0, 0.05) is 5.56 Å². The van der Waals surface area contributed by atoms with Crippen molar-refractivity contribution in [3.63, 3.8) is 0 Å². The van der Waals surface area contributed by atoms with Gasteiger partial charge in [-0.2, -0.15) is 0 Å². The Balaban J connectivity index is 1.50. The molecule has 0 unspecified atom stereocenters. The van der Waals surface area contributed by atoms with Crippen LogP contribution in [0.4, 0.5) is 0 Å². The van der Waals surface area contributed by atoms with Crippen LogP contribution >= 0.6 is 0 Å². The number of aliphatic imine (C=N–C) groups is 1. The van der Waals surface area contributed by atoms with E-state index >= 15 is 0 Å². The number of amidine groups is 1. The SMILES string of the molecule is C[C@H](OC(=O)CCN=C1NS(=O)(=O)c2ccccc21)C(=O)N[C@H](C)c1ccccc1. The Morgan fingerprint density at radius 2 is 1.73 bits per heavy atom. The van der Waals surface area contributed by atoms with Crippen molar-refractivity contribution in [2.24, 2.45) is 4.99 Å². The van der Waals surface area contributed by atoms with E-state index < -0.39 is 28.0 Å². The fraction of sp³-hybridized carbons (Fsp3) is 0.286. The predicted molar refractivity (Wildman–Crippen MR) is 111 cm³/mol. The van der Waals surface area contributed by atoms with Crippen molar-refractivity contribution in [2.45, 2.75) is 37.3 Å². The Morgan fingerprint density at radius 3 is 2.47 bits per heavy atom. The number of hydrogen-bond donors (Lipinski definition) is 2. The highest BCUT2D eigenvalue weighted by Crippen LogP contribution is 2.22. The van der Waals surface area contributed by atoms with Crippen LogP contribution in [0.1, 0.15) is 37.4 Å². The molecule has 8 nitrogen and oxygen atoms in total. The number of rotatable bonds is 7. The van der Waals surface area contributed by atoms with Gasteiger partial charge in [0.15, 0.2) is 6.10 Å². The van der Waals surface area contributed by atoms with E-state index in [2.05, 4.69) is 15.0 Å². The second kappa shape index (κ2) is 9.08. The molecule has 0 aliphatic carbocycles. The van der Waals surface area contributed by atoms with Crippen LogP contribution in [0, 0.1) is 0 Å². The second-order valence-electron chi connectivity index (χ2n) is 6.86. The summed E-state index contributed by atoms with van der Waals surface area (Å²) in [4.78, 5) is 28.6. The zero-order valence-electron chi connectivity index (χ0n) is 16.7. The zero-order valence-corrected chi connectivity index (χ0v) is 17.5. The lowest BCUT2D eigenvalue weighted by atomic mass is 10.1. The molecule has 0 aromatic heterocycles. The molecule has 2 N–H and O–H groups in total. The van der Waals surface area contributed by atoms with Crippen LogP contribution in [-0.2, 0) is 24.3 Å². The first-order valence-electron chi connectivity index (χ1n) is 9.49. The third-order valence-electron chi connectivity index (χ3n) is 4.58. The number of carbonyl (C=O) groups is 2. The van der Waals surface area contributed by atoms with Gasteiger partial charge in [-0.3, -0.25) is 19.3 Å². The number of sulfonamides is 1. The standard InChI is InChI=1S/C21H23N3O5S/c1-14(16-8-4-3-5-9-16)23-21(26)15(2)29-19(25)12-13-22-20-17-10-6-7-11-18(17)30(27,28)24-20/h3-11,14-15H,12-13H2,1-2H3,(H,22,24)(H,23,26)/t14-,15+/m1/s1. The zero-order chi connectivity index (χ0) is 21.7. The molecule has 0 fully saturated rings. The number of nitrogens with zero attached hydrogens (tertiary/aromatic N) is 1. The van der Waals surface area contributed by atoms with E-state index in [1.165, 1.54) is 13.0 Å². The summed E-state index contributed by atoms with van der Waals surface area (Å²) in [5, 5.41) is 2.80. The van der Waals surface area contributed by atoms with Crippen molar-refractivity contribution < 1.29 is 22.7 Å². The van der Waals surface area contributed by atoms with Crippen molar-refractivity contribution in [3.05, 3.63) is 65.7 Å². The van der Waals surface area contributed by atoms with Crippen LogP contribution < -0.4 is 10.0 Å². The van der Waals surface area contributed by atoms with Crippen LogP contribution in [0.15, 0.2) is 64.5 Å². The molecular weight excluding hydrogens is 406 g/mol. The molecule has 0 saturated carbocycles. The first-order valence-corrected chi connectivity index (χ1v) is 11.0. The predicted octanol–water partition coefficient (Wildman–Crippen LogP) is 1.92. The number of hydrogen-bond acceptors (Lipinski definition) is 6. The van der Waals surface area contributed by atoms with Gasteiger partial charge < -0.3 is 10.1 Å². The Bertz CT molecular complexity index is 1070. The summed E-state index contributed by atoms with van der Waals surface area (Å²) >= 11 is 0. The quantitative estimate of drug-likeness (QED) is 0.653. The highest BCUT2D eigenvalue weighted by molar-refractivity contribution is 7.90. The molecule has 2 aromatic carbocycles. The second-order valence-corrected chi connectivity index (χ2v) is 8.51. The molecule has 30 heavy (non-hydrogen) atoms. The van der Waals surface area contributed by atoms with Gasteiger partial charge >= 0.3 is 5.97 Å². The average molecular weight is 429 g/mol. The first kappa shape index (κ1) is 21.5. The maximum atomic E-state index is 12.3. The maximum absolute atomic E-state index is 12.3. The summed E-state index contributed by atoms with van der Waals surface area (Å²) in [5.74, 6) is -0.798. The normalized spacial score (nSPS) is 17.5. The summed E-state index contributed by atoms with van der Waals surface area (Å²) < 4.78 is 31.6. The summed E-state index contributed by atoms with van der Waals surface area (Å²) in [6.07, 6.45) is -1.04. The number of amides is 1. The van der Waals surface area contributed by atoms with E-state index in [-0.39, 0.29) is 29.7 Å². The third kappa shape index (κ3) is 5.04. The fourth-order valence-electron chi connectivity index (χ4n) is 2.98. The molecule has 1 heterocycles. The van der Waals surface area contributed by atoms with E-state index in [1.807, 2.05) is 37.3 Å². The van der Waals surface area contributed by atoms with Gasteiger partial charge in [0.1, 0.15) is 5.84 Å². The van der Waals surface area contributed by atoms with Crippen molar-refractivity contribution in [1.82, 2.24) is 10.0 Å². The molecule has 9 heteroatoms. The summed E-state index contributed by atoms with van der Waals surface area (Å²) in [6, 6.07) is 15.7. The number of nitrogens with one attached hydrogen (secondary N) is 2. The Morgan fingerprint density at radius 1 is 1.07 bits per heavy atom. The molecule has 0 spiro atoms. The molecule has 1 aliphatic rings. The van der Waals surface area contributed by atoms with Crippen molar-refractivity contribution >= 4 is 27.7 Å². The summed E-state index contributed by atoms with van der Waals surface area (Å²) in [5.41, 5.74) is 1.41. The number of benzene rings is 2. The minimum absolute atomic E-state index is 0.0276. The van der Waals surface area contributed by atoms with Gasteiger partial charge in [0.25, 0.3) is 15.9 Å². The minimum atomic E-state index is -3.62. The molecule has 1 amide bonds. The van der Waals surface area contributed by atoms with Gasteiger partial charge in [0.2, 0.25) is 0 Å². The van der Waals surface area contributed by atoms with Crippen molar-refractivity contribution in [1.29, 1.82) is 0 Å². The van der Waals surface area contributed by atoms with Gasteiger partial charge in [-0.1, -0.05) is 42.5 Å². The van der Waals surface area contributed by atoms with E-state index in [1.54, 1.807) is 18.2 Å². The number of ether oxygens (including phenoxy) is 1. The summed E-state index contributed by atoms with van der Waals surface area (Å²) in [7, 11) is -3.62. The first-order chi connectivity index (χ1) is 14.3. The minimum Gasteiger partial charge on any atom is -0.452 e. The van der Waals surface area contributed by atoms with E-state index in [0.29, 0.717) is 5.56 Å². The van der Waals surface area contributed by atoms with E-state index in [9.17, 15) is 18.0 Å². The summed E-state index contributed by atoms with van der Waals surface area (Å²) in [6.45, 7) is 3.37. The Hall–Kier alpha value is -3.20. The highest BCUT2D eigenvalue weighted by Gasteiger charge is 2.30. The van der Waals surface area contributed by atoms with Crippen molar-refractivity contribution in [3.8, 4) is 0 Å². The lowest BCUT2D eigenvalue weighted by Gasteiger charge is -2.18. The number of fused-ring (bicyclic) bond motifs is 1. The molecular formula is C21H23N3O5S. The van der Waals surface area contributed by atoms with Crippen LogP contribution in [0.3, 0.4) is 0 Å². The Labute approximate surface area is 175 Å². The molecule has 2 aromatic rings. The van der Waals surface area contributed by atoms with Crippen LogP contribution in [0.25, 0.3) is 0 Å². The fourth-order valence-corrected chi connectivity index (χ4v) is 4.23. The topological polar surface area (TPSA) is 114 Å². The van der Waals surface area contributed by atoms with E-state index in [0.717, 1.165) is 5.56 Å². The van der Waals surface area contributed by atoms with Gasteiger partial charge in [0.05, 0.1) is 23.9 Å². The molecule has 2 atom stereocenters. The molecule has 1 aliphatic heterocycles. The lowest BCUT2D eigenvalue weighted by molar-refractivity contribution is -0.154. The van der Waals surface area contributed by atoms with Gasteiger partial charge in [-0.05, 0) is 31.5 Å². The van der Waals surface area contributed by atoms with Gasteiger partial charge in [-0.25, -0.2) is 8.42 Å². The monoisotopic (exact) mass is 429 g/mol. The number of esters is 1. The molecule has 0 saturated heterocycles. The average Bonchev–Trinajstić information content (AvgIpc) is 2.99. The molecule has 3 rings (SSSR count). The van der Waals surface area contributed by atoms with E-state index in [4.69, 9.17) is 4.74 Å². The molecule has 158 valence electrons.